The summed E-state index contributed by atoms with van der Waals surface area (Å²) in [5.74, 6) is -1.13. The number of benzene rings is 1. The van der Waals surface area contributed by atoms with E-state index in [0.29, 0.717) is 5.75 Å². The van der Waals surface area contributed by atoms with Crippen molar-refractivity contribution in [2.75, 3.05) is 26.2 Å². The summed E-state index contributed by atoms with van der Waals surface area (Å²) in [4.78, 5) is 22.0. The second-order valence-corrected chi connectivity index (χ2v) is 5.44. The van der Waals surface area contributed by atoms with Gasteiger partial charge >= 0.3 is 5.97 Å². The second-order valence-electron chi connectivity index (χ2n) is 5.44. The van der Waals surface area contributed by atoms with Crippen LogP contribution in [0.3, 0.4) is 0 Å². The van der Waals surface area contributed by atoms with Crippen LogP contribution < -0.4 is 21.1 Å². The van der Waals surface area contributed by atoms with E-state index in [0.717, 1.165) is 25.1 Å². The summed E-state index contributed by atoms with van der Waals surface area (Å²) in [5.41, 5.74) is 6.29. The Morgan fingerprint density at radius 1 is 1.42 bits per heavy atom. The molecular weight excluding hydrogens is 314 g/mol. The fourth-order valence-corrected chi connectivity index (χ4v) is 1.88. The number of rotatable bonds is 6. The highest BCUT2D eigenvalue weighted by atomic mass is 16.5. The second kappa shape index (κ2) is 10.6. The van der Waals surface area contributed by atoms with Crippen molar-refractivity contribution in [2.24, 2.45) is 5.73 Å². The Balaban J connectivity index is 0.000000400. The van der Waals surface area contributed by atoms with Crippen LogP contribution in [-0.2, 0) is 9.59 Å². The lowest BCUT2D eigenvalue weighted by Crippen LogP contribution is -2.47. The van der Waals surface area contributed by atoms with Gasteiger partial charge in [-0.1, -0.05) is 17.7 Å². The lowest BCUT2D eigenvalue weighted by molar-refractivity contribution is -0.141. The zero-order chi connectivity index (χ0) is 17.9. The third-order valence-electron chi connectivity index (χ3n) is 3.29. The summed E-state index contributed by atoms with van der Waals surface area (Å²) in [6.45, 7) is 3.31. The number of nitrogens with two attached hydrogens (primary N) is 1. The summed E-state index contributed by atoms with van der Waals surface area (Å²) in [6.07, 6.45) is 0.866. The maximum atomic E-state index is 11.4. The minimum atomic E-state index is -1.17. The van der Waals surface area contributed by atoms with Gasteiger partial charge in [-0.05, 0) is 32.0 Å². The Hall–Kier alpha value is -2.16. The first-order valence-corrected chi connectivity index (χ1v) is 7.73. The number of β-amino-alcohol motifs (C(OH)–C–C–N with tert-alkyl or cyclic N) is 1. The average Bonchev–Trinajstić information content (AvgIpc) is 3.03. The largest absolute Gasteiger partial charge is 0.484 e. The SMILES string of the molecule is Cc1ccc(OCC(=O)N[C@@H](CN)C(=O)O)cc1.O[C@@H]1CCNC1. The van der Waals surface area contributed by atoms with E-state index >= 15 is 0 Å². The number of amides is 1. The fraction of sp³-hybridized carbons (Fsp3) is 0.500. The molecule has 0 radical (unpaired) electrons. The predicted molar refractivity (Wildman–Crippen MR) is 88.8 cm³/mol. The van der Waals surface area contributed by atoms with Gasteiger partial charge in [0.25, 0.3) is 5.91 Å². The molecule has 134 valence electrons. The van der Waals surface area contributed by atoms with Gasteiger partial charge < -0.3 is 31.3 Å². The Morgan fingerprint density at radius 3 is 2.50 bits per heavy atom. The van der Waals surface area contributed by atoms with Crippen molar-refractivity contribution < 1.29 is 24.5 Å². The molecule has 8 heteroatoms. The zero-order valence-electron chi connectivity index (χ0n) is 13.7. The van der Waals surface area contributed by atoms with Gasteiger partial charge in [-0.2, -0.15) is 0 Å². The first kappa shape index (κ1) is 19.9. The third-order valence-corrected chi connectivity index (χ3v) is 3.29. The van der Waals surface area contributed by atoms with E-state index in [1.54, 1.807) is 12.1 Å². The molecule has 1 saturated heterocycles. The number of nitrogens with one attached hydrogen (secondary N) is 2. The smallest absolute Gasteiger partial charge is 0.327 e. The number of carbonyl (C=O) groups excluding carboxylic acids is 1. The van der Waals surface area contributed by atoms with Gasteiger partial charge in [0.05, 0.1) is 6.10 Å². The summed E-state index contributed by atoms with van der Waals surface area (Å²) in [5, 5.41) is 22.7. The molecule has 1 aliphatic heterocycles. The maximum absolute atomic E-state index is 11.4. The third kappa shape index (κ3) is 7.91. The lowest BCUT2D eigenvalue weighted by atomic mass is 10.2. The molecule has 0 spiro atoms. The topological polar surface area (TPSA) is 134 Å². The van der Waals surface area contributed by atoms with Gasteiger partial charge in [-0.25, -0.2) is 4.79 Å². The molecule has 1 heterocycles. The Bertz CT molecular complexity index is 515. The van der Waals surface area contributed by atoms with Gasteiger partial charge in [0.15, 0.2) is 6.61 Å². The van der Waals surface area contributed by atoms with E-state index in [1.807, 2.05) is 19.1 Å². The monoisotopic (exact) mass is 339 g/mol. The maximum Gasteiger partial charge on any atom is 0.327 e. The van der Waals surface area contributed by atoms with Crippen LogP contribution in [0, 0.1) is 6.92 Å². The number of hydrogen-bond acceptors (Lipinski definition) is 6. The van der Waals surface area contributed by atoms with Crippen molar-refractivity contribution in [2.45, 2.75) is 25.5 Å². The van der Waals surface area contributed by atoms with Crippen molar-refractivity contribution in [3.8, 4) is 5.75 Å². The molecule has 0 aromatic heterocycles. The highest BCUT2D eigenvalue weighted by molar-refractivity contribution is 5.84. The van der Waals surface area contributed by atoms with E-state index in [2.05, 4.69) is 10.6 Å². The molecular formula is C16H25N3O5. The van der Waals surface area contributed by atoms with Crippen LogP contribution >= 0.6 is 0 Å². The summed E-state index contributed by atoms with van der Waals surface area (Å²) in [6, 6.07) is 6.10. The van der Waals surface area contributed by atoms with Crippen LogP contribution in [0.2, 0.25) is 0 Å². The Kier molecular flexibility index (Phi) is 8.77. The van der Waals surface area contributed by atoms with Gasteiger partial charge in [-0.3, -0.25) is 4.79 Å². The number of hydrogen-bond donors (Lipinski definition) is 5. The number of carboxylic acid groups (broad SMARTS) is 1. The van der Waals surface area contributed by atoms with Crippen LogP contribution in [0.1, 0.15) is 12.0 Å². The molecule has 1 aromatic carbocycles. The number of carboxylic acids is 1. The minimum Gasteiger partial charge on any atom is -0.484 e. The van der Waals surface area contributed by atoms with Gasteiger partial charge in [0.1, 0.15) is 11.8 Å². The van der Waals surface area contributed by atoms with E-state index in [1.165, 1.54) is 0 Å². The normalized spacial score (nSPS) is 17.4. The number of aryl methyl sites for hydroxylation is 1. The number of ether oxygens (including phenoxy) is 1. The van der Waals surface area contributed by atoms with Gasteiger partial charge in [-0.15, -0.1) is 0 Å². The Labute approximate surface area is 141 Å². The van der Waals surface area contributed by atoms with Gasteiger partial charge in [0, 0.05) is 13.1 Å². The summed E-state index contributed by atoms with van der Waals surface area (Å²) < 4.78 is 5.20. The van der Waals surface area contributed by atoms with Crippen LogP contribution in [0.5, 0.6) is 5.75 Å². The first-order valence-electron chi connectivity index (χ1n) is 7.73. The molecule has 8 nitrogen and oxygen atoms in total. The van der Waals surface area contributed by atoms with E-state index in [4.69, 9.17) is 20.7 Å². The van der Waals surface area contributed by atoms with Crippen LogP contribution in [-0.4, -0.2) is 60.5 Å². The molecule has 0 bridgehead atoms. The molecule has 1 aromatic rings. The van der Waals surface area contributed by atoms with Crippen molar-refractivity contribution in [1.82, 2.24) is 10.6 Å². The number of aliphatic carboxylic acids is 1. The van der Waals surface area contributed by atoms with Crippen LogP contribution in [0.15, 0.2) is 24.3 Å². The average molecular weight is 339 g/mol. The quantitative estimate of drug-likeness (QED) is 0.460. The van der Waals surface area contributed by atoms with E-state index < -0.39 is 17.9 Å². The molecule has 1 amide bonds. The molecule has 0 saturated carbocycles. The van der Waals surface area contributed by atoms with Crippen molar-refractivity contribution >= 4 is 11.9 Å². The standard InChI is InChI=1S/C12H16N2O4.C4H9NO/c1-8-2-4-9(5-3-8)18-7-11(15)14-10(6-13)12(16)17;6-4-1-2-5-3-4/h2-5,10H,6-7,13H2,1H3,(H,14,15)(H,16,17);4-6H,1-3H2/t10-;4-/m01/s1. The van der Waals surface area contributed by atoms with Crippen molar-refractivity contribution in [1.29, 1.82) is 0 Å². The number of carbonyl (C=O) groups is 2. The molecule has 6 N–H and O–H groups in total. The zero-order valence-corrected chi connectivity index (χ0v) is 13.7. The first-order chi connectivity index (χ1) is 11.4. The molecule has 2 rings (SSSR count). The van der Waals surface area contributed by atoms with E-state index in [9.17, 15) is 9.59 Å². The van der Waals surface area contributed by atoms with E-state index in [-0.39, 0.29) is 19.3 Å². The minimum absolute atomic E-state index is 0.0648. The van der Waals surface area contributed by atoms with Crippen LogP contribution in [0.4, 0.5) is 0 Å². The molecule has 2 atom stereocenters. The highest BCUT2D eigenvalue weighted by Gasteiger charge is 2.17. The van der Waals surface area contributed by atoms with Crippen molar-refractivity contribution in [3.05, 3.63) is 29.8 Å². The number of aliphatic hydroxyl groups excluding tert-OH is 1. The molecule has 24 heavy (non-hydrogen) atoms. The Morgan fingerprint density at radius 2 is 2.08 bits per heavy atom. The fourth-order valence-electron chi connectivity index (χ4n) is 1.88. The van der Waals surface area contributed by atoms with Crippen molar-refractivity contribution in [3.63, 3.8) is 0 Å². The summed E-state index contributed by atoms with van der Waals surface area (Å²) >= 11 is 0. The van der Waals surface area contributed by atoms with Crippen LogP contribution in [0.25, 0.3) is 0 Å². The lowest BCUT2D eigenvalue weighted by Gasteiger charge is -2.12. The molecule has 0 aliphatic carbocycles. The molecule has 1 fully saturated rings. The molecule has 1 aliphatic rings. The number of aliphatic hydroxyl groups is 1. The predicted octanol–water partition coefficient (Wildman–Crippen LogP) is -0.757. The summed E-state index contributed by atoms with van der Waals surface area (Å²) in [7, 11) is 0. The highest BCUT2D eigenvalue weighted by Crippen LogP contribution is 2.10. The molecule has 0 unspecified atom stereocenters. The van der Waals surface area contributed by atoms with Gasteiger partial charge in [0.2, 0.25) is 0 Å².